The first-order valence-electron chi connectivity index (χ1n) is 3.09. The molecule has 0 spiro atoms. The Morgan fingerprint density at radius 2 is 2.00 bits per heavy atom. The Morgan fingerprint density at radius 1 is 1.38 bits per heavy atom. The van der Waals surface area contributed by atoms with Crippen LogP contribution < -0.4 is 0 Å². The fourth-order valence-electron chi connectivity index (χ4n) is 0.633. The van der Waals surface area contributed by atoms with Crippen LogP contribution in [0.5, 0.6) is 0 Å². The number of aromatic nitrogens is 2. The number of nitrogens with zero attached hydrogens (tertiary/aromatic N) is 2. The molecule has 72 valence electrons. The molecule has 0 aliphatic carbocycles. The van der Waals surface area contributed by atoms with Gasteiger partial charge in [-0.25, -0.2) is 9.97 Å². The lowest BCUT2D eigenvalue weighted by Crippen LogP contribution is -2.09. The topological polar surface area (TPSA) is 25.8 Å². The van der Waals surface area contributed by atoms with Gasteiger partial charge in [-0.15, -0.1) is 0 Å². The first kappa shape index (κ1) is 11.0. The Kier molecular flexibility index (Phi) is 3.38. The van der Waals surface area contributed by atoms with Gasteiger partial charge in [0.05, 0.1) is 0 Å². The van der Waals surface area contributed by atoms with E-state index in [0.29, 0.717) is 3.70 Å². The molecule has 0 N–H and O–H groups in total. The Bertz CT molecular complexity index is 315. The van der Waals surface area contributed by atoms with Crippen molar-refractivity contribution >= 4 is 34.4 Å². The van der Waals surface area contributed by atoms with E-state index in [9.17, 15) is 13.2 Å². The number of rotatable bonds is 1. The first-order chi connectivity index (χ1) is 5.93. The summed E-state index contributed by atoms with van der Waals surface area (Å²) in [5.74, 6) is 0. The van der Waals surface area contributed by atoms with E-state index >= 15 is 0 Å². The summed E-state index contributed by atoms with van der Waals surface area (Å²) in [6, 6.07) is 0.917. The lowest BCUT2D eigenvalue weighted by Gasteiger charge is -2.06. The van der Waals surface area contributed by atoms with Gasteiger partial charge in [0, 0.05) is 6.07 Å². The SMILES string of the molecule is CSc1nc(I)cc(C(F)(F)F)n1. The first-order valence-corrected chi connectivity index (χ1v) is 5.39. The number of hydrogen-bond acceptors (Lipinski definition) is 3. The fraction of sp³-hybridized carbons (Fsp3) is 0.333. The molecule has 0 aliphatic heterocycles. The van der Waals surface area contributed by atoms with Gasteiger partial charge in [-0.3, -0.25) is 0 Å². The lowest BCUT2D eigenvalue weighted by molar-refractivity contribution is -0.141. The van der Waals surface area contributed by atoms with Crippen LogP contribution in [0.3, 0.4) is 0 Å². The highest BCUT2D eigenvalue weighted by Gasteiger charge is 2.33. The van der Waals surface area contributed by atoms with Gasteiger partial charge in [0.1, 0.15) is 9.39 Å². The molecule has 1 rings (SSSR count). The van der Waals surface area contributed by atoms with Crippen molar-refractivity contribution in [2.45, 2.75) is 11.3 Å². The molecule has 0 saturated carbocycles. The second-order valence-corrected chi connectivity index (χ2v) is 3.94. The number of halogens is 4. The molecule has 1 aromatic heterocycles. The molecule has 0 aromatic carbocycles. The Morgan fingerprint density at radius 3 is 2.46 bits per heavy atom. The van der Waals surface area contributed by atoms with Crippen molar-refractivity contribution < 1.29 is 13.2 Å². The molecule has 0 aliphatic rings. The van der Waals surface area contributed by atoms with Crippen molar-refractivity contribution in [3.63, 3.8) is 0 Å². The molecule has 0 atom stereocenters. The van der Waals surface area contributed by atoms with Crippen molar-refractivity contribution in [2.24, 2.45) is 0 Å². The van der Waals surface area contributed by atoms with Crippen LogP contribution in [0.2, 0.25) is 0 Å². The largest absolute Gasteiger partial charge is 0.433 e. The van der Waals surface area contributed by atoms with Crippen LogP contribution in [-0.2, 0) is 6.18 Å². The average Bonchev–Trinajstić information content (AvgIpc) is 2.01. The van der Waals surface area contributed by atoms with Crippen LogP contribution in [0.25, 0.3) is 0 Å². The van der Waals surface area contributed by atoms with Crippen molar-refractivity contribution in [2.75, 3.05) is 6.26 Å². The minimum absolute atomic E-state index is 0.138. The van der Waals surface area contributed by atoms with Crippen molar-refractivity contribution in [1.82, 2.24) is 9.97 Å². The van der Waals surface area contributed by atoms with Gasteiger partial charge in [0.15, 0.2) is 5.16 Å². The molecule has 0 fully saturated rings. The van der Waals surface area contributed by atoms with Crippen LogP contribution in [0.4, 0.5) is 13.2 Å². The molecule has 0 saturated heterocycles. The third-order valence-electron chi connectivity index (χ3n) is 1.15. The van der Waals surface area contributed by atoms with Gasteiger partial charge in [0.25, 0.3) is 0 Å². The molecule has 2 nitrogen and oxygen atoms in total. The highest BCUT2D eigenvalue weighted by molar-refractivity contribution is 14.1. The minimum Gasteiger partial charge on any atom is -0.218 e. The van der Waals surface area contributed by atoms with E-state index in [4.69, 9.17) is 0 Å². The van der Waals surface area contributed by atoms with Gasteiger partial charge < -0.3 is 0 Å². The highest BCUT2D eigenvalue weighted by atomic mass is 127. The summed E-state index contributed by atoms with van der Waals surface area (Å²) in [7, 11) is 0. The molecule has 1 heterocycles. The van der Waals surface area contributed by atoms with E-state index < -0.39 is 11.9 Å². The van der Waals surface area contributed by atoms with Crippen molar-refractivity contribution in [3.8, 4) is 0 Å². The van der Waals surface area contributed by atoms with Crippen LogP contribution >= 0.6 is 34.4 Å². The summed E-state index contributed by atoms with van der Waals surface area (Å²) in [6.45, 7) is 0. The maximum Gasteiger partial charge on any atom is 0.433 e. The molecule has 13 heavy (non-hydrogen) atoms. The van der Waals surface area contributed by atoms with E-state index in [1.165, 1.54) is 0 Å². The summed E-state index contributed by atoms with van der Waals surface area (Å²) in [5, 5.41) is 0.138. The van der Waals surface area contributed by atoms with E-state index in [-0.39, 0.29) is 5.16 Å². The summed E-state index contributed by atoms with van der Waals surface area (Å²) < 4.78 is 36.8. The third-order valence-corrected chi connectivity index (χ3v) is 2.25. The molecule has 0 radical (unpaired) electrons. The van der Waals surface area contributed by atoms with E-state index in [1.807, 2.05) is 0 Å². The average molecular weight is 320 g/mol. The van der Waals surface area contributed by atoms with Crippen LogP contribution in [-0.4, -0.2) is 16.2 Å². The van der Waals surface area contributed by atoms with Gasteiger partial charge in [-0.1, -0.05) is 11.8 Å². The van der Waals surface area contributed by atoms with Crippen LogP contribution in [0.1, 0.15) is 5.69 Å². The predicted octanol–water partition coefficient (Wildman–Crippen LogP) is 2.82. The summed E-state index contributed by atoms with van der Waals surface area (Å²) >= 11 is 2.82. The second-order valence-electron chi connectivity index (χ2n) is 2.06. The van der Waals surface area contributed by atoms with Crippen LogP contribution in [0, 0.1) is 3.70 Å². The Labute approximate surface area is 90.5 Å². The summed E-state index contributed by atoms with van der Waals surface area (Å²) in [4.78, 5) is 7.15. The maximum absolute atomic E-state index is 12.2. The molecule has 0 unspecified atom stereocenters. The Hall–Kier alpha value is -0.0500. The van der Waals surface area contributed by atoms with Crippen LogP contribution in [0.15, 0.2) is 11.2 Å². The van der Waals surface area contributed by atoms with Gasteiger partial charge in [-0.2, -0.15) is 13.2 Å². The zero-order valence-corrected chi connectivity index (χ0v) is 9.37. The van der Waals surface area contributed by atoms with Crippen molar-refractivity contribution in [1.29, 1.82) is 0 Å². The van der Waals surface area contributed by atoms with Crippen molar-refractivity contribution in [3.05, 3.63) is 15.5 Å². The minimum atomic E-state index is -4.40. The summed E-state index contributed by atoms with van der Waals surface area (Å²) in [6.07, 6.45) is -2.76. The molecule has 7 heteroatoms. The Balaban J connectivity index is 3.16. The monoisotopic (exact) mass is 320 g/mol. The molecule has 1 aromatic rings. The zero-order chi connectivity index (χ0) is 10.1. The molecule has 0 amide bonds. The smallest absolute Gasteiger partial charge is 0.218 e. The fourth-order valence-corrected chi connectivity index (χ4v) is 1.70. The molecular formula is C6H4F3IN2S. The number of thioether (sulfide) groups is 1. The van der Waals surface area contributed by atoms with Gasteiger partial charge >= 0.3 is 6.18 Å². The zero-order valence-electron chi connectivity index (χ0n) is 6.39. The normalized spacial score (nSPS) is 11.8. The maximum atomic E-state index is 12.2. The second kappa shape index (κ2) is 3.99. The third kappa shape index (κ3) is 2.97. The number of alkyl halides is 3. The van der Waals surface area contributed by atoms with Gasteiger partial charge in [0.2, 0.25) is 0 Å². The number of hydrogen-bond donors (Lipinski definition) is 0. The summed E-state index contributed by atoms with van der Waals surface area (Å²) in [5.41, 5.74) is -0.892. The van der Waals surface area contributed by atoms with E-state index in [1.54, 1.807) is 28.8 Å². The van der Waals surface area contributed by atoms with Gasteiger partial charge in [-0.05, 0) is 28.8 Å². The predicted molar refractivity (Wildman–Crippen MR) is 51.5 cm³/mol. The standard InChI is InChI=1S/C6H4F3IN2S/c1-13-5-11-3(6(7,8)9)2-4(10)12-5/h2H,1H3. The molecular weight excluding hydrogens is 316 g/mol. The lowest BCUT2D eigenvalue weighted by atomic mass is 10.4. The van der Waals surface area contributed by atoms with E-state index in [0.717, 1.165) is 17.8 Å². The molecule has 0 bridgehead atoms. The quantitative estimate of drug-likeness (QED) is 0.344. The highest BCUT2D eigenvalue weighted by Crippen LogP contribution is 2.29. The van der Waals surface area contributed by atoms with E-state index in [2.05, 4.69) is 9.97 Å².